The van der Waals surface area contributed by atoms with Crippen LogP contribution < -0.4 is 15.4 Å². The van der Waals surface area contributed by atoms with E-state index in [9.17, 15) is 22.8 Å². The second-order valence-corrected chi connectivity index (χ2v) is 9.61. The highest BCUT2D eigenvalue weighted by molar-refractivity contribution is 5.91. The number of alkyl halides is 3. The second kappa shape index (κ2) is 11.9. The van der Waals surface area contributed by atoms with Gasteiger partial charge in [0.1, 0.15) is 11.4 Å². The van der Waals surface area contributed by atoms with E-state index in [1.54, 1.807) is 16.9 Å². The molecule has 0 bridgehead atoms. The van der Waals surface area contributed by atoms with Gasteiger partial charge in [0.25, 0.3) is 5.91 Å². The molecule has 38 heavy (non-hydrogen) atoms. The van der Waals surface area contributed by atoms with Gasteiger partial charge in [-0.05, 0) is 36.0 Å². The number of rotatable bonds is 11. The summed E-state index contributed by atoms with van der Waals surface area (Å²) in [6.07, 6.45) is -1.32. The molecule has 0 radical (unpaired) electrons. The van der Waals surface area contributed by atoms with E-state index in [-0.39, 0.29) is 23.4 Å². The molecule has 0 saturated heterocycles. The number of hydrogen-bond acceptors (Lipinski definition) is 7. The summed E-state index contributed by atoms with van der Waals surface area (Å²) in [5, 5.41) is 30.2. The van der Waals surface area contributed by atoms with Crippen molar-refractivity contribution in [3.63, 3.8) is 0 Å². The molecule has 2 amide bonds. The summed E-state index contributed by atoms with van der Waals surface area (Å²) in [4.78, 5) is 23.5. The lowest BCUT2D eigenvalue weighted by Gasteiger charge is -2.28. The highest BCUT2D eigenvalue weighted by Crippen LogP contribution is 2.31. The Morgan fingerprint density at radius 1 is 1.05 bits per heavy atom. The predicted octanol–water partition coefficient (Wildman–Crippen LogP) is 3.53. The summed E-state index contributed by atoms with van der Waals surface area (Å²) in [7, 11) is 0. The molecule has 12 nitrogen and oxygen atoms in total. The Balaban J connectivity index is 1.44. The molecular formula is C23H29F3N8O4. The summed E-state index contributed by atoms with van der Waals surface area (Å²) in [6.45, 7) is 6.75. The zero-order valence-corrected chi connectivity index (χ0v) is 21.1. The quantitative estimate of drug-likeness (QED) is 0.314. The molecule has 1 atom stereocenters. The fourth-order valence-electron chi connectivity index (χ4n) is 3.60. The topological polar surface area (TPSA) is 149 Å². The molecule has 0 aliphatic rings. The van der Waals surface area contributed by atoms with Gasteiger partial charge in [-0.2, -0.15) is 0 Å². The lowest BCUT2D eigenvalue weighted by molar-refractivity contribution is -0.274. The molecule has 15 heteroatoms. The second-order valence-electron chi connectivity index (χ2n) is 9.61. The van der Waals surface area contributed by atoms with Crippen molar-refractivity contribution in [2.75, 3.05) is 0 Å². The normalized spacial score (nSPS) is 12.7. The Hall–Kier alpha value is -4.17. The van der Waals surface area contributed by atoms with E-state index in [2.05, 4.69) is 36.0 Å². The van der Waals surface area contributed by atoms with Gasteiger partial charge >= 0.3 is 12.5 Å². The third kappa shape index (κ3) is 8.74. The first-order valence-electron chi connectivity index (χ1n) is 11.7. The van der Waals surface area contributed by atoms with E-state index in [0.29, 0.717) is 37.2 Å². The Bertz CT molecular complexity index is 1240. The number of aromatic nitrogens is 6. The Labute approximate surface area is 216 Å². The van der Waals surface area contributed by atoms with E-state index >= 15 is 0 Å². The van der Waals surface area contributed by atoms with Gasteiger partial charge < -0.3 is 20.5 Å². The van der Waals surface area contributed by atoms with Gasteiger partial charge in [0.05, 0.1) is 18.4 Å². The number of halogens is 3. The standard InChI is InChI=1S/C23H29F3N8O4/c1-22(2,3)19(28-21(36)37)17-13-33(31-29-17)9-4-5-10-34-14-18(30-32-34)20(35)27-12-15-7-6-8-16(11-15)38-23(24,25)26/h6-8,11,13-14,19,28H,4-5,9-10,12H2,1-3H3,(H,27,35)(H,36,37). The zero-order valence-electron chi connectivity index (χ0n) is 21.1. The van der Waals surface area contributed by atoms with Gasteiger partial charge in [-0.1, -0.05) is 43.3 Å². The molecule has 0 fully saturated rings. The number of amides is 2. The summed E-state index contributed by atoms with van der Waals surface area (Å²) in [6, 6.07) is 4.81. The summed E-state index contributed by atoms with van der Waals surface area (Å²) >= 11 is 0. The molecule has 0 aliphatic heterocycles. The number of hydrogen-bond donors (Lipinski definition) is 3. The maximum Gasteiger partial charge on any atom is 0.573 e. The minimum Gasteiger partial charge on any atom is -0.465 e. The average Bonchev–Trinajstić information content (AvgIpc) is 3.47. The molecular weight excluding hydrogens is 509 g/mol. The van der Waals surface area contributed by atoms with Crippen molar-refractivity contribution in [1.29, 1.82) is 0 Å². The van der Waals surface area contributed by atoms with Crippen LogP contribution in [0.1, 0.15) is 61.4 Å². The molecule has 3 aromatic rings. The number of nitrogens with zero attached hydrogens (tertiary/aromatic N) is 6. The molecule has 3 N–H and O–H groups in total. The number of benzene rings is 1. The van der Waals surface area contributed by atoms with Gasteiger partial charge in [-0.3, -0.25) is 14.2 Å². The third-order valence-electron chi connectivity index (χ3n) is 5.37. The smallest absolute Gasteiger partial charge is 0.465 e. The molecule has 0 spiro atoms. The minimum atomic E-state index is -4.80. The summed E-state index contributed by atoms with van der Waals surface area (Å²) in [5.74, 6) is -0.889. The third-order valence-corrected chi connectivity index (χ3v) is 5.37. The molecule has 2 heterocycles. The van der Waals surface area contributed by atoms with Crippen molar-refractivity contribution >= 4 is 12.0 Å². The van der Waals surface area contributed by atoms with Crippen LogP contribution in [-0.4, -0.2) is 53.5 Å². The lowest BCUT2D eigenvalue weighted by Crippen LogP contribution is -2.36. The molecule has 0 saturated carbocycles. The van der Waals surface area contributed by atoms with Crippen LogP contribution in [0.25, 0.3) is 0 Å². The van der Waals surface area contributed by atoms with Crippen molar-refractivity contribution in [3.8, 4) is 5.75 Å². The van der Waals surface area contributed by atoms with Crippen LogP contribution >= 0.6 is 0 Å². The SMILES string of the molecule is CC(C)(C)C(NC(=O)O)c1cn(CCCCn2cc(C(=O)NCc3cccc(OC(F)(F)F)c3)nn2)nn1. The average molecular weight is 539 g/mol. The predicted molar refractivity (Wildman–Crippen MR) is 127 cm³/mol. The number of nitrogens with one attached hydrogen (secondary N) is 2. The molecule has 206 valence electrons. The Morgan fingerprint density at radius 3 is 2.34 bits per heavy atom. The number of ether oxygens (including phenoxy) is 1. The van der Waals surface area contributed by atoms with Crippen molar-refractivity contribution < 1.29 is 32.6 Å². The summed E-state index contributed by atoms with van der Waals surface area (Å²) in [5.41, 5.74) is 0.651. The van der Waals surface area contributed by atoms with E-state index in [0.717, 1.165) is 0 Å². The number of carbonyl (C=O) groups excluding carboxylic acids is 1. The highest BCUT2D eigenvalue weighted by Gasteiger charge is 2.31. The molecule has 1 aromatic carbocycles. The van der Waals surface area contributed by atoms with Crippen LogP contribution in [0.5, 0.6) is 5.75 Å². The van der Waals surface area contributed by atoms with Crippen LogP contribution in [0.2, 0.25) is 0 Å². The van der Waals surface area contributed by atoms with E-state index in [1.807, 2.05) is 20.8 Å². The molecule has 2 aromatic heterocycles. The summed E-state index contributed by atoms with van der Waals surface area (Å²) < 4.78 is 44.2. The van der Waals surface area contributed by atoms with E-state index in [1.165, 1.54) is 29.1 Å². The van der Waals surface area contributed by atoms with Gasteiger partial charge in [0, 0.05) is 19.6 Å². The van der Waals surface area contributed by atoms with Gasteiger partial charge in [0.15, 0.2) is 5.69 Å². The number of carbonyl (C=O) groups is 2. The first-order valence-corrected chi connectivity index (χ1v) is 11.7. The number of carboxylic acid groups (broad SMARTS) is 1. The van der Waals surface area contributed by atoms with Crippen LogP contribution in [0, 0.1) is 5.41 Å². The number of unbranched alkanes of at least 4 members (excludes halogenated alkanes) is 1. The minimum absolute atomic E-state index is 0.0152. The lowest BCUT2D eigenvalue weighted by atomic mass is 9.85. The Kier molecular flexibility index (Phi) is 8.91. The first-order chi connectivity index (χ1) is 17.8. The monoisotopic (exact) mass is 538 g/mol. The fraction of sp³-hybridized carbons (Fsp3) is 0.478. The van der Waals surface area contributed by atoms with Crippen molar-refractivity contribution in [2.45, 2.75) is 65.7 Å². The van der Waals surface area contributed by atoms with E-state index < -0.39 is 24.4 Å². The molecule has 1 unspecified atom stereocenters. The highest BCUT2D eigenvalue weighted by atomic mass is 19.4. The van der Waals surface area contributed by atoms with Crippen LogP contribution in [0.4, 0.5) is 18.0 Å². The van der Waals surface area contributed by atoms with Gasteiger partial charge in [-0.15, -0.1) is 23.4 Å². The molecule has 0 aliphatic carbocycles. The van der Waals surface area contributed by atoms with E-state index in [4.69, 9.17) is 5.11 Å². The Morgan fingerprint density at radius 2 is 1.71 bits per heavy atom. The van der Waals surface area contributed by atoms with Crippen molar-refractivity contribution in [2.24, 2.45) is 5.41 Å². The maximum atomic E-state index is 12.4. The maximum absolute atomic E-state index is 12.4. The number of aryl methyl sites for hydroxylation is 2. The van der Waals surface area contributed by atoms with Crippen LogP contribution in [-0.2, 0) is 19.6 Å². The fourth-order valence-corrected chi connectivity index (χ4v) is 3.60. The van der Waals surface area contributed by atoms with Crippen LogP contribution in [0.15, 0.2) is 36.7 Å². The van der Waals surface area contributed by atoms with Crippen molar-refractivity contribution in [1.82, 2.24) is 40.6 Å². The van der Waals surface area contributed by atoms with Crippen LogP contribution in [0.3, 0.4) is 0 Å². The van der Waals surface area contributed by atoms with Gasteiger partial charge in [0.2, 0.25) is 0 Å². The van der Waals surface area contributed by atoms with Gasteiger partial charge in [-0.25, -0.2) is 4.79 Å². The largest absolute Gasteiger partial charge is 0.573 e. The van der Waals surface area contributed by atoms with Crippen molar-refractivity contribution in [3.05, 3.63) is 53.6 Å². The first kappa shape index (κ1) is 28.4. The zero-order chi connectivity index (χ0) is 27.9. The molecule has 3 rings (SSSR count).